The highest BCUT2D eigenvalue weighted by atomic mass is 16.3. The second kappa shape index (κ2) is 12.6. The van der Waals surface area contributed by atoms with Crippen LogP contribution in [0.2, 0.25) is 0 Å². The van der Waals surface area contributed by atoms with Crippen molar-refractivity contribution in [3.63, 3.8) is 0 Å². The number of rotatable bonds is 13. The smallest absolute Gasteiger partial charge is 0.123 e. The minimum Gasteiger partial charge on any atom is -0.507 e. The van der Waals surface area contributed by atoms with E-state index in [2.05, 4.69) is 44.2 Å². The van der Waals surface area contributed by atoms with Gasteiger partial charge in [-0.05, 0) is 48.4 Å². The Balaban J connectivity index is 2.17. The monoisotopic (exact) mass is 366 g/mol. The molecule has 1 N–H and O–H groups in total. The number of unbranched alkanes of at least 4 members (excludes halogenated alkanes) is 8. The van der Waals surface area contributed by atoms with Crippen molar-refractivity contribution in [3.05, 3.63) is 53.6 Å². The molecule has 2 rings (SSSR count). The van der Waals surface area contributed by atoms with Gasteiger partial charge in [0.1, 0.15) is 5.75 Å². The third kappa shape index (κ3) is 7.05. The first-order valence-corrected chi connectivity index (χ1v) is 11.2. The zero-order valence-electron chi connectivity index (χ0n) is 17.5. The Morgan fingerprint density at radius 1 is 0.630 bits per heavy atom. The molecule has 1 nitrogen and oxygen atoms in total. The van der Waals surface area contributed by atoms with Crippen LogP contribution in [-0.2, 0) is 12.8 Å². The number of hydrogen-bond acceptors (Lipinski definition) is 1. The molecular formula is C26H38O. The highest BCUT2D eigenvalue weighted by Gasteiger charge is 2.14. The molecule has 0 aliphatic rings. The van der Waals surface area contributed by atoms with Gasteiger partial charge in [0.05, 0.1) is 0 Å². The maximum absolute atomic E-state index is 10.7. The molecule has 0 fully saturated rings. The Morgan fingerprint density at radius 2 is 1.22 bits per heavy atom. The highest BCUT2D eigenvalue weighted by Crippen LogP contribution is 2.36. The molecule has 0 saturated heterocycles. The molecule has 0 radical (unpaired) electrons. The summed E-state index contributed by atoms with van der Waals surface area (Å²) in [7, 11) is 0. The summed E-state index contributed by atoms with van der Waals surface area (Å²) in [5, 5.41) is 10.7. The number of phenols is 1. The maximum Gasteiger partial charge on any atom is 0.123 e. The van der Waals surface area contributed by atoms with E-state index >= 15 is 0 Å². The van der Waals surface area contributed by atoms with Crippen LogP contribution in [0.5, 0.6) is 5.75 Å². The summed E-state index contributed by atoms with van der Waals surface area (Å²) in [6.07, 6.45) is 15.2. The molecule has 0 bridgehead atoms. The van der Waals surface area contributed by atoms with E-state index in [1.54, 1.807) is 0 Å². The zero-order valence-corrected chi connectivity index (χ0v) is 17.5. The van der Waals surface area contributed by atoms with Crippen molar-refractivity contribution in [1.82, 2.24) is 0 Å². The van der Waals surface area contributed by atoms with Gasteiger partial charge in [-0.2, -0.15) is 0 Å². The van der Waals surface area contributed by atoms with Gasteiger partial charge in [-0.3, -0.25) is 0 Å². The van der Waals surface area contributed by atoms with E-state index in [-0.39, 0.29) is 0 Å². The van der Waals surface area contributed by atoms with Gasteiger partial charge in [0.2, 0.25) is 0 Å². The predicted octanol–water partition coefficient (Wildman–Crippen LogP) is 8.09. The van der Waals surface area contributed by atoms with Crippen LogP contribution in [0, 0.1) is 0 Å². The molecule has 0 saturated carbocycles. The summed E-state index contributed by atoms with van der Waals surface area (Å²) in [5.74, 6) is 0.430. The summed E-state index contributed by atoms with van der Waals surface area (Å²) in [6.45, 7) is 4.53. The third-order valence-electron chi connectivity index (χ3n) is 5.53. The van der Waals surface area contributed by atoms with E-state index in [0.29, 0.717) is 5.75 Å². The van der Waals surface area contributed by atoms with Crippen LogP contribution in [0.15, 0.2) is 42.5 Å². The lowest BCUT2D eigenvalue weighted by molar-refractivity contribution is 0.476. The molecular weight excluding hydrogens is 328 g/mol. The minimum absolute atomic E-state index is 0.430. The summed E-state index contributed by atoms with van der Waals surface area (Å²) in [5.41, 5.74) is 5.04. The van der Waals surface area contributed by atoms with Gasteiger partial charge in [0.15, 0.2) is 0 Å². The minimum atomic E-state index is 0.430. The van der Waals surface area contributed by atoms with E-state index in [0.717, 1.165) is 24.0 Å². The second-order valence-corrected chi connectivity index (χ2v) is 7.79. The average Bonchev–Trinajstić information content (AvgIpc) is 2.70. The summed E-state index contributed by atoms with van der Waals surface area (Å²) in [4.78, 5) is 0. The topological polar surface area (TPSA) is 20.2 Å². The molecule has 0 aliphatic carbocycles. The summed E-state index contributed by atoms with van der Waals surface area (Å²) in [6, 6.07) is 14.5. The summed E-state index contributed by atoms with van der Waals surface area (Å²) >= 11 is 0. The third-order valence-corrected chi connectivity index (χ3v) is 5.53. The van der Waals surface area contributed by atoms with Crippen LogP contribution in [0.3, 0.4) is 0 Å². The van der Waals surface area contributed by atoms with Crippen LogP contribution in [0.25, 0.3) is 11.1 Å². The quantitative estimate of drug-likeness (QED) is 0.355. The largest absolute Gasteiger partial charge is 0.507 e. The lowest BCUT2D eigenvalue weighted by atomic mass is 9.88. The van der Waals surface area contributed by atoms with Crippen molar-refractivity contribution >= 4 is 0 Å². The molecule has 0 aromatic heterocycles. The van der Waals surface area contributed by atoms with Gasteiger partial charge >= 0.3 is 0 Å². The van der Waals surface area contributed by atoms with Crippen molar-refractivity contribution in [2.45, 2.75) is 90.9 Å². The lowest BCUT2D eigenvalue weighted by Gasteiger charge is -2.17. The van der Waals surface area contributed by atoms with Crippen molar-refractivity contribution in [1.29, 1.82) is 0 Å². The van der Waals surface area contributed by atoms with E-state index < -0.39 is 0 Å². The van der Waals surface area contributed by atoms with E-state index in [1.165, 1.54) is 75.3 Å². The summed E-state index contributed by atoms with van der Waals surface area (Å²) < 4.78 is 0. The average molecular weight is 367 g/mol. The van der Waals surface area contributed by atoms with E-state index in [9.17, 15) is 5.11 Å². The Bertz CT molecular complexity index is 645. The van der Waals surface area contributed by atoms with Crippen molar-refractivity contribution in [2.24, 2.45) is 0 Å². The van der Waals surface area contributed by atoms with E-state index in [1.807, 2.05) is 12.1 Å². The van der Waals surface area contributed by atoms with Gasteiger partial charge in [0, 0.05) is 5.56 Å². The molecule has 0 spiro atoms. The van der Waals surface area contributed by atoms with Crippen LogP contribution in [0.4, 0.5) is 0 Å². The molecule has 27 heavy (non-hydrogen) atoms. The normalized spacial score (nSPS) is 11.0. The Kier molecular flexibility index (Phi) is 10.0. The molecule has 148 valence electrons. The van der Waals surface area contributed by atoms with E-state index in [4.69, 9.17) is 0 Å². The molecule has 0 atom stereocenters. The van der Waals surface area contributed by atoms with Crippen LogP contribution >= 0.6 is 0 Å². The van der Waals surface area contributed by atoms with Crippen LogP contribution < -0.4 is 0 Å². The molecule has 0 amide bonds. The van der Waals surface area contributed by atoms with Gasteiger partial charge in [-0.25, -0.2) is 0 Å². The second-order valence-electron chi connectivity index (χ2n) is 7.79. The molecule has 0 unspecified atom stereocenters. The van der Waals surface area contributed by atoms with Crippen molar-refractivity contribution in [2.75, 3.05) is 0 Å². The highest BCUT2D eigenvalue weighted by molar-refractivity contribution is 5.75. The number of hydrogen-bond donors (Lipinski definition) is 1. The Hall–Kier alpha value is -1.76. The van der Waals surface area contributed by atoms with Crippen molar-refractivity contribution in [3.8, 4) is 16.9 Å². The zero-order chi connectivity index (χ0) is 19.3. The number of aromatic hydroxyl groups is 1. The molecule has 2 aromatic rings. The Labute approximate surface area is 166 Å². The molecule has 0 heterocycles. The van der Waals surface area contributed by atoms with Gasteiger partial charge in [-0.1, -0.05) is 102 Å². The number of aryl methyl sites for hydroxylation is 1. The lowest BCUT2D eigenvalue weighted by Crippen LogP contribution is -2.00. The van der Waals surface area contributed by atoms with Crippen molar-refractivity contribution < 1.29 is 5.11 Å². The van der Waals surface area contributed by atoms with Gasteiger partial charge in [-0.15, -0.1) is 0 Å². The molecule has 1 heteroatoms. The number of phenolic OH excluding ortho intramolecular Hbond substituents is 1. The van der Waals surface area contributed by atoms with Gasteiger partial charge < -0.3 is 5.11 Å². The van der Waals surface area contributed by atoms with Crippen LogP contribution in [0.1, 0.15) is 89.2 Å². The molecule has 0 aliphatic heterocycles. The standard InChI is InChI=1S/C26H38O/c1-3-5-7-9-10-15-19-24-22(16-12-8-6-4-2)20-21-25(27)26(24)23-17-13-11-14-18-23/h11,13-14,17-18,20-21,27H,3-10,12,15-16,19H2,1-2H3. The first kappa shape index (κ1) is 21.5. The SMILES string of the molecule is CCCCCCCCc1c(CCCCCC)ccc(O)c1-c1ccccc1. The fourth-order valence-corrected chi connectivity index (χ4v) is 3.95. The number of benzene rings is 2. The maximum atomic E-state index is 10.7. The Morgan fingerprint density at radius 3 is 1.93 bits per heavy atom. The van der Waals surface area contributed by atoms with Gasteiger partial charge in [0.25, 0.3) is 0 Å². The van der Waals surface area contributed by atoms with Crippen LogP contribution in [-0.4, -0.2) is 5.11 Å². The fraction of sp³-hybridized carbons (Fsp3) is 0.538. The predicted molar refractivity (Wildman–Crippen MR) is 118 cm³/mol. The fourth-order valence-electron chi connectivity index (χ4n) is 3.95. The first-order valence-electron chi connectivity index (χ1n) is 11.2. The molecule has 2 aromatic carbocycles. The first-order chi connectivity index (χ1) is 13.3.